The molecule has 196 valence electrons. The number of halogens is 2. The second kappa shape index (κ2) is 14.0. The van der Waals surface area contributed by atoms with E-state index in [4.69, 9.17) is 19.2 Å². The Kier molecular flexibility index (Phi) is 11.4. The van der Waals surface area contributed by atoms with Crippen LogP contribution in [0, 0.1) is 5.82 Å². The van der Waals surface area contributed by atoms with Crippen molar-refractivity contribution in [2.75, 3.05) is 52.4 Å². The number of rotatable bonds is 12. The number of carbonyl (C=O) groups excluding carboxylic acids is 1. The molecule has 0 aliphatic heterocycles. The summed E-state index contributed by atoms with van der Waals surface area (Å²) in [6, 6.07) is 9.46. The maximum atomic E-state index is 13.8. The molecule has 0 saturated heterocycles. The minimum atomic E-state index is -0.306. The van der Waals surface area contributed by atoms with E-state index in [0.717, 1.165) is 31.6 Å². The summed E-state index contributed by atoms with van der Waals surface area (Å²) < 4.78 is 29.6. The molecule has 1 aromatic heterocycles. The van der Waals surface area contributed by atoms with Gasteiger partial charge >= 0.3 is 0 Å². The molecule has 3 rings (SSSR count). The minimum Gasteiger partial charge on any atom is -0.493 e. The van der Waals surface area contributed by atoms with Crippen LogP contribution in [0.5, 0.6) is 17.2 Å². The van der Waals surface area contributed by atoms with Gasteiger partial charge < -0.3 is 19.1 Å². The molecule has 36 heavy (non-hydrogen) atoms. The van der Waals surface area contributed by atoms with Crippen molar-refractivity contribution < 1.29 is 23.4 Å². The number of carbonyl (C=O) groups is 1. The lowest BCUT2D eigenvalue weighted by molar-refractivity contribution is 0.0985. The third kappa shape index (κ3) is 6.87. The van der Waals surface area contributed by atoms with E-state index in [1.165, 1.54) is 44.8 Å². The lowest BCUT2D eigenvalue weighted by Crippen LogP contribution is -2.34. The number of methoxy groups -OCH3 is 3. The van der Waals surface area contributed by atoms with Gasteiger partial charge in [0.05, 0.1) is 27.0 Å². The maximum absolute atomic E-state index is 13.8. The van der Waals surface area contributed by atoms with E-state index in [1.54, 1.807) is 29.2 Å². The van der Waals surface area contributed by atoms with Gasteiger partial charge in [-0.1, -0.05) is 13.8 Å². The first-order chi connectivity index (χ1) is 16.9. The smallest absolute Gasteiger partial charge is 0.260 e. The summed E-state index contributed by atoms with van der Waals surface area (Å²) in [6.45, 7) is 7.49. The van der Waals surface area contributed by atoms with Crippen molar-refractivity contribution >= 4 is 34.8 Å². The zero-order chi connectivity index (χ0) is 25.4. The Balaban J connectivity index is 0.00000456. The molecule has 0 spiro atoms. The third-order valence-corrected chi connectivity index (χ3v) is 6.63. The monoisotopic (exact) mass is 537 g/mol. The molecule has 0 saturated carbocycles. The van der Waals surface area contributed by atoms with E-state index < -0.39 is 0 Å². The molecule has 0 aliphatic carbocycles. The van der Waals surface area contributed by atoms with Gasteiger partial charge in [0.2, 0.25) is 5.75 Å². The van der Waals surface area contributed by atoms with Crippen LogP contribution in [-0.2, 0) is 0 Å². The lowest BCUT2D eigenvalue weighted by Gasteiger charge is -2.23. The molecule has 0 atom stereocenters. The number of nitrogens with zero attached hydrogens (tertiary/aromatic N) is 3. The maximum Gasteiger partial charge on any atom is 0.260 e. The highest BCUT2D eigenvalue weighted by Crippen LogP contribution is 2.39. The number of hydrogen-bond donors (Lipinski definition) is 0. The molecule has 0 radical (unpaired) electrons. The first-order valence-corrected chi connectivity index (χ1v) is 12.4. The van der Waals surface area contributed by atoms with Crippen LogP contribution >= 0.6 is 23.7 Å². The summed E-state index contributed by atoms with van der Waals surface area (Å²) in [4.78, 5) is 22.5. The summed E-state index contributed by atoms with van der Waals surface area (Å²) in [5.74, 6) is 0.713. The Hall–Kier alpha value is -2.88. The molecule has 0 N–H and O–H groups in total. The van der Waals surface area contributed by atoms with Gasteiger partial charge in [0, 0.05) is 23.1 Å². The zero-order valence-electron chi connectivity index (χ0n) is 21.2. The number of aromatic nitrogens is 1. The number of benzene rings is 2. The standard InChI is InChI=1S/C26H32FN3O4S.ClH/c1-6-29(7-2)13-8-14-30(26-28-21(17-35-26)18-9-11-20(27)12-10-18)25(31)19-15-22(32-3)24(34-5)23(16-19)33-4;/h9-12,15-17H,6-8,13-14H2,1-5H3;1H. The summed E-state index contributed by atoms with van der Waals surface area (Å²) in [6.07, 6.45) is 0.781. The highest BCUT2D eigenvalue weighted by Gasteiger charge is 2.24. The topological polar surface area (TPSA) is 64.1 Å². The number of hydrogen-bond acceptors (Lipinski definition) is 7. The first-order valence-electron chi connectivity index (χ1n) is 11.5. The van der Waals surface area contributed by atoms with Gasteiger partial charge in [-0.05, 0) is 62.5 Å². The van der Waals surface area contributed by atoms with E-state index in [1.807, 2.05) is 5.38 Å². The Morgan fingerprint density at radius 1 is 0.972 bits per heavy atom. The molecule has 0 aliphatic rings. The fraction of sp³-hybridized carbons (Fsp3) is 0.385. The second-order valence-electron chi connectivity index (χ2n) is 7.77. The van der Waals surface area contributed by atoms with Crippen LogP contribution in [0.2, 0.25) is 0 Å². The SMILES string of the molecule is CCN(CC)CCCN(C(=O)c1cc(OC)c(OC)c(OC)c1)c1nc(-c2ccc(F)cc2)cs1.Cl. The highest BCUT2D eigenvalue weighted by atomic mass is 35.5. The Morgan fingerprint density at radius 2 is 1.58 bits per heavy atom. The van der Waals surface area contributed by atoms with Gasteiger partial charge in [-0.3, -0.25) is 9.69 Å². The molecule has 0 bridgehead atoms. The summed E-state index contributed by atoms with van der Waals surface area (Å²) in [5, 5.41) is 2.45. The quantitative estimate of drug-likeness (QED) is 0.292. The van der Waals surface area contributed by atoms with E-state index in [9.17, 15) is 9.18 Å². The van der Waals surface area contributed by atoms with Gasteiger partial charge in [0.1, 0.15) is 5.82 Å². The summed E-state index contributed by atoms with van der Waals surface area (Å²) in [5.41, 5.74) is 1.88. The normalized spacial score (nSPS) is 10.6. The molecule has 10 heteroatoms. The minimum absolute atomic E-state index is 0. The summed E-state index contributed by atoms with van der Waals surface area (Å²) in [7, 11) is 4.56. The van der Waals surface area contributed by atoms with Gasteiger partial charge in [-0.25, -0.2) is 9.37 Å². The molecule has 0 fully saturated rings. The fourth-order valence-corrected chi connectivity index (χ4v) is 4.64. The molecule has 1 amide bonds. The summed E-state index contributed by atoms with van der Waals surface area (Å²) >= 11 is 1.38. The zero-order valence-corrected chi connectivity index (χ0v) is 22.9. The van der Waals surface area contributed by atoms with Crippen molar-refractivity contribution in [3.63, 3.8) is 0 Å². The van der Waals surface area contributed by atoms with Crippen molar-refractivity contribution in [2.45, 2.75) is 20.3 Å². The Bertz CT molecular complexity index is 1100. The van der Waals surface area contributed by atoms with Crippen LogP contribution in [0.15, 0.2) is 41.8 Å². The lowest BCUT2D eigenvalue weighted by atomic mass is 10.1. The average Bonchev–Trinajstić information content (AvgIpc) is 3.37. The van der Waals surface area contributed by atoms with Crippen molar-refractivity contribution in [1.82, 2.24) is 9.88 Å². The fourth-order valence-electron chi connectivity index (χ4n) is 3.78. The van der Waals surface area contributed by atoms with Crippen molar-refractivity contribution in [3.05, 3.63) is 53.2 Å². The van der Waals surface area contributed by atoms with Crippen LogP contribution in [0.1, 0.15) is 30.6 Å². The number of amides is 1. The van der Waals surface area contributed by atoms with Crippen LogP contribution < -0.4 is 19.1 Å². The number of ether oxygens (including phenoxy) is 3. The molecule has 7 nitrogen and oxygen atoms in total. The molecule has 3 aromatic rings. The van der Waals surface area contributed by atoms with E-state index in [-0.39, 0.29) is 24.1 Å². The Labute approximate surface area is 222 Å². The van der Waals surface area contributed by atoms with Gasteiger partial charge in [-0.2, -0.15) is 0 Å². The Morgan fingerprint density at radius 3 is 2.11 bits per heavy atom. The van der Waals surface area contributed by atoms with Crippen LogP contribution in [0.3, 0.4) is 0 Å². The van der Waals surface area contributed by atoms with Gasteiger partial charge in [0.15, 0.2) is 16.6 Å². The second-order valence-corrected chi connectivity index (χ2v) is 8.61. The molecular weight excluding hydrogens is 505 g/mol. The van der Waals surface area contributed by atoms with E-state index in [2.05, 4.69) is 18.7 Å². The largest absolute Gasteiger partial charge is 0.493 e. The van der Waals surface area contributed by atoms with E-state index >= 15 is 0 Å². The number of anilines is 1. The van der Waals surface area contributed by atoms with Crippen molar-refractivity contribution in [3.8, 4) is 28.5 Å². The van der Waals surface area contributed by atoms with Crippen LogP contribution in [-0.4, -0.2) is 63.3 Å². The van der Waals surface area contributed by atoms with Gasteiger partial charge in [0.25, 0.3) is 5.91 Å². The third-order valence-electron chi connectivity index (χ3n) is 5.77. The van der Waals surface area contributed by atoms with Crippen molar-refractivity contribution in [1.29, 1.82) is 0 Å². The van der Waals surface area contributed by atoms with Crippen molar-refractivity contribution in [2.24, 2.45) is 0 Å². The predicted octanol–water partition coefficient (Wildman–Crippen LogP) is 5.78. The molecular formula is C26H33ClFN3O4S. The average molecular weight is 538 g/mol. The molecule has 2 aromatic carbocycles. The molecule has 1 heterocycles. The predicted molar refractivity (Wildman–Crippen MR) is 145 cm³/mol. The van der Waals surface area contributed by atoms with Gasteiger partial charge in [-0.15, -0.1) is 23.7 Å². The first kappa shape index (κ1) is 29.4. The number of thiazole rings is 1. The molecule has 0 unspecified atom stereocenters. The van der Waals surface area contributed by atoms with Crippen LogP contribution in [0.4, 0.5) is 9.52 Å². The van der Waals surface area contributed by atoms with E-state index in [0.29, 0.717) is 40.2 Å². The highest BCUT2D eigenvalue weighted by molar-refractivity contribution is 7.14. The van der Waals surface area contributed by atoms with Crippen LogP contribution in [0.25, 0.3) is 11.3 Å².